The van der Waals surface area contributed by atoms with Crippen LogP contribution in [0.2, 0.25) is 0 Å². The van der Waals surface area contributed by atoms with E-state index in [4.69, 9.17) is 4.42 Å². The summed E-state index contributed by atoms with van der Waals surface area (Å²) < 4.78 is 5.47. The first-order valence-electron chi connectivity index (χ1n) is 6.10. The zero-order valence-electron chi connectivity index (χ0n) is 10.2. The van der Waals surface area contributed by atoms with Crippen molar-refractivity contribution in [3.8, 4) is 0 Å². The van der Waals surface area contributed by atoms with Crippen molar-refractivity contribution in [1.29, 1.82) is 0 Å². The number of furan rings is 1. The molecule has 2 aliphatic rings. The number of ketones is 1. The molecular formula is C14H18O2. The van der Waals surface area contributed by atoms with E-state index in [-0.39, 0.29) is 10.8 Å². The van der Waals surface area contributed by atoms with Crippen molar-refractivity contribution in [2.75, 3.05) is 0 Å². The highest BCUT2D eigenvalue weighted by atomic mass is 16.3. The molecule has 86 valence electrons. The number of carbonyl (C=O) groups is 1. The molecule has 1 saturated carbocycles. The maximum absolute atomic E-state index is 12.6. The van der Waals surface area contributed by atoms with Gasteiger partial charge in [0.1, 0.15) is 5.76 Å². The van der Waals surface area contributed by atoms with E-state index in [9.17, 15) is 4.79 Å². The first kappa shape index (κ1) is 10.1. The van der Waals surface area contributed by atoms with Gasteiger partial charge in [0.15, 0.2) is 5.78 Å². The van der Waals surface area contributed by atoms with Crippen LogP contribution in [-0.4, -0.2) is 5.78 Å². The Bertz CT molecular complexity index is 459. The van der Waals surface area contributed by atoms with Crippen molar-refractivity contribution in [3.63, 3.8) is 0 Å². The summed E-state index contributed by atoms with van der Waals surface area (Å²) in [4.78, 5) is 12.6. The Hall–Kier alpha value is -1.05. The molecule has 0 saturated heterocycles. The molecule has 0 bridgehead atoms. The Labute approximate surface area is 96.0 Å². The molecule has 2 aliphatic carbocycles. The van der Waals surface area contributed by atoms with Crippen LogP contribution < -0.4 is 0 Å². The summed E-state index contributed by atoms with van der Waals surface area (Å²) in [6.45, 7) is 6.68. The lowest BCUT2D eigenvalue weighted by Crippen LogP contribution is -2.47. The quantitative estimate of drug-likeness (QED) is 0.667. The summed E-state index contributed by atoms with van der Waals surface area (Å²) >= 11 is 0. The standard InChI is InChI=1S/C14H18O2/c1-9-4-6-13(2)12(15)10-5-7-16-11(10)8-14(9,13)3/h5,7,9H,4,6,8H2,1-3H3/t9-,13+,14+/m1/s1. The van der Waals surface area contributed by atoms with Crippen LogP contribution in [-0.2, 0) is 6.42 Å². The van der Waals surface area contributed by atoms with Crippen LogP contribution >= 0.6 is 0 Å². The third-order valence-electron chi connectivity index (χ3n) is 5.44. The molecule has 0 amide bonds. The first-order valence-corrected chi connectivity index (χ1v) is 6.10. The Morgan fingerprint density at radius 2 is 2.19 bits per heavy atom. The predicted molar refractivity (Wildman–Crippen MR) is 61.4 cm³/mol. The average molecular weight is 218 g/mol. The number of carbonyl (C=O) groups excluding carboxylic acids is 1. The zero-order chi connectivity index (χ0) is 11.6. The first-order chi connectivity index (χ1) is 7.49. The summed E-state index contributed by atoms with van der Waals surface area (Å²) in [5.74, 6) is 1.80. The van der Waals surface area contributed by atoms with Gasteiger partial charge in [0, 0.05) is 11.8 Å². The van der Waals surface area contributed by atoms with Crippen LogP contribution in [0.4, 0.5) is 0 Å². The number of Topliss-reactive ketones (excluding diaryl/α,β-unsaturated/α-hetero) is 1. The molecule has 16 heavy (non-hydrogen) atoms. The van der Waals surface area contributed by atoms with Crippen LogP contribution in [0.1, 0.15) is 49.7 Å². The molecule has 3 rings (SSSR count). The molecule has 3 atom stereocenters. The monoisotopic (exact) mass is 218 g/mol. The number of hydrogen-bond acceptors (Lipinski definition) is 2. The lowest BCUT2D eigenvalue weighted by Gasteiger charge is -2.45. The van der Waals surface area contributed by atoms with Gasteiger partial charge in [-0.2, -0.15) is 0 Å². The highest BCUT2D eigenvalue weighted by Gasteiger charge is 2.60. The number of hydrogen-bond donors (Lipinski definition) is 0. The second kappa shape index (κ2) is 2.79. The van der Waals surface area contributed by atoms with E-state index >= 15 is 0 Å². The fraction of sp³-hybridized carbons (Fsp3) is 0.643. The largest absolute Gasteiger partial charge is 0.469 e. The van der Waals surface area contributed by atoms with Crippen LogP contribution in [0, 0.1) is 16.7 Å². The SMILES string of the molecule is C[C@@H]1CC[C@@]2(C)C(=O)c3ccoc3C[C@@]12C. The molecule has 0 aromatic carbocycles. The number of rotatable bonds is 0. The third-order valence-corrected chi connectivity index (χ3v) is 5.44. The second-order valence-electron chi connectivity index (χ2n) is 5.95. The van der Waals surface area contributed by atoms with Crippen LogP contribution in [0.25, 0.3) is 0 Å². The number of fused-ring (bicyclic) bond motifs is 2. The molecular weight excluding hydrogens is 200 g/mol. The lowest BCUT2D eigenvalue weighted by molar-refractivity contribution is 0.0388. The summed E-state index contributed by atoms with van der Waals surface area (Å²) in [5, 5.41) is 0. The molecule has 0 radical (unpaired) electrons. The van der Waals surface area contributed by atoms with Gasteiger partial charge in [-0.1, -0.05) is 20.8 Å². The van der Waals surface area contributed by atoms with Crippen LogP contribution in [0.5, 0.6) is 0 Å². The van der Waals surface area contributed by atoms with Crippen molar-refractivity contribution in [2.45, 2.75) is 40.0 Å². The van der Waals surface area contributed by atoms with Gasteiger partial charge in [0.05, 0.1) is 11.8 Å². The van der Waals surface area contributed by atoms with Gasteiger partial charge in [-0.25, -0.2) is 0 Å². The third kappa shape index (κ3) is 0.915. The van der Waals surface area contributed by atoms with Crippen LogP contribution in [0.3, 0.4) is 0 Å². The summed E-state index contributed by atoms with van der Waals surface area (Å²) in [7, 11) is 0. The van der Waals surface area contributed by atoms with Crippen molar-refractivity contribution >= 4 is 5.78 Å². The molecule has 1 heterocycles. The summed E-state index contributed by atoms with van der Waals surface area (Å²) in [6.07, 6.45) is 4.75. The molecule has 0 aliphatic heterocycles. The Morgan fingerprint density at radius 1 is 1.44 bits per heavy atom. The minimum absolute atomic E-state index is 0.0783. The fourth-order valence-electron chi connectivity index (χ4n) is 3.71. The van der Waals surface area contributed by atoms with E-state index in [2.05, 4.69) is 20.8 Å². The minimum atomic E-state index is -0.177. The van der Waals surface area contributed by atoms with Crippen LogP contribution in [0.15, 0.2) is 16.7 Å². The van der Waals surface area contributed by atoms with E-state index in [0.29, 0.717) is 11.7 Å². The molecule has 1 aromatic rings. The maximum atomic E-state index is 12.6. The van der Waals surface area contributed by atoms with E-state index < -0.39 is 0 Å². The molecule has 0 N–H and O–H groups in total. The van der Waals surface area contributed by atoms with Gasteiger partial charge in [0.25, 0.3) is 0 Å². The predicted octanol–water partition coefficient (Wildman–Crippen LogP) is 3.46. The smallest absolute Gasteiger partial charge is 0.172 e. The Kier molecular flexibility index (Phi) is 1.77. The molecule has 0 unspecified atom stereocenters. The molecule has 2 nitrogen and oxygen atoms in total. The minimum Gasteiger partial charge on any atom is -0.469 e. The van der Waals surface area contributed by atoms with Crippen molar-refractivity contribution in [3.05, 3.63) is 23.7 Å². The lowest BCUT2D eigenvalue weighted by atomic mass is 9.57. The van der Waals surface area contributed by atoms with E-state index in [1.807, 2.05) is 6.07 Å². The fourth-order valence-corrected chi connectivity index (χ4v) is 3.71. The highest BCUT2D eigenvalue weighted by Crippen LogP contribution is 2.61. The Morgan fingerprint density at radius 3 is 2.94 bits per heavy atom. The van der Waals surface area contributed by atoms with Gasteiger partial charge in [-0.15, -0.1) is 0 Å². The van der Waals surface area contributed by atoms with Gasteiger partial charge < -0.3 is 4.42 Å². The van der Waals surface area contributed by atoms with Gasteiger partial charge in [-0.05, 0) is 30.2 Å². The Balaban J connectivity index is 2.20. The molecule has 2 heteroatoms. The van der Waals surface area contributed by atoms with Gasteiger partial charge in [0.2, 0.25) is 0 Å². The molecule has 0 spiro atoms. The van der Waals surface area contributed by atoms with E-state index in [0.717, 1.165) is 30.6 Å². The maximum Gasteiger partial charge on any atom is 0.172 e. The summed E-state index contributed by atoms with van der Waals surface area (Å²) in [6, 6.07) is 1.84. The van der Waals surface area contributed by atoms with E-state index in [1.54, 1.807) is 6.26 Å². The average Bonchev–Trinajstić information content (AvgIpc) is 2.78. The topological polar surface area (TPSA) is 30.2 Å². The van der Waals surface area contributed by atoms with Gasteiger partial charge >= 0.3 is 0 Å². The molecule has 1 aromatic heterocycles. The van der Waals surface area contributed by atoms with Crippen molar-refractivity contribution in [1.82, 2.24) is 0 Å². The van der Waals surface area contributed by atoms with E-state index in [1.165, 1.54) is 0 Å². The van der Waals surface area contributed by atoms with Crippen molar-refractivity contribution in [2.24, 2.45) is 16.7 Å². The molecule has 1 fully saturated rings. The highest BCUT2D eigenvalue weighted by molar-refractivity contribution is 6.03. The summed E-state index contributed by atoms with van der Waals surface area (Å²) in [5.41, 5.74) is 0.729. The van der Waals surface area contributed by atoms with Gasteiger partial charge in [-0.3, -0.25) is 4.79 Å². The van der Waals surface area contributed by atoms with Crippen molar-refractivity contribution < 1.29 is 9.21 Å². The second-order valence-corrected chi connectivity index (χ2v) is 5.95. The normalized spacial score (nSPS) is 41.9. The zero-order valence-corrected chi connectivity index (χ0v) is 10.2.